The topological polar surface area (TPSA) is 68.0 Å². The SMILES string of the molecule is COC(=O)c1cc(CO)c2ccc(Cc3cccc(Cl)c3F)cn2c1=O. The van der Waals surface area contributed by atoms with Crippen LogP contribution in [0.15, 0.2) is 47.4 Å². The van der Waals surface area contributed by atoms with E-state index in [-0.39, 0.29) is 23.6 Å². The van der Waals surface area contributed by atoms with Crippen molar-refractivity contribution in [2.75, 3.05) is 7.11 Å². The Morgan fingerprint density at radius 1 is 1.27 bits per heavy atom. The highest BCUT2D eigenvalue weighted by Crippen LogP contribution is 2.21. The molecule has 0 fully saturated rings. The Morgan fingerprint density at radius 3 is 2.73 bits per heavy atom. The maximum Gasteiger partial charge on any atom is 0.343 e. The van der Waals surface area contributed by atoms with Crippen LogP contribution in [0.25, 0.3) is 5.52 Å². The lowest BCUT2D eigenvalue weighted by Gasteiger charge is -2.11. The molecule has 0 radical (unpaired) electrons. The molecule has 2 aromatic heterocycles. The van der Waals surface area contributed by atoms with E-state index in [1.54, 1.807) is 24.3 Å². The first-order valence-corrected chi connectivity index (χ1v) is 8.13. The van der Waals surface area contributed by atoms with Crippen molar-refractivity contribution in [1.29, 1.82) is 0 Å². The van der Waals surface area contributed by atoms with Crippen LogP contribution in [0, 0.1) is 5.82 Å². The average Bonchev–Trinajstić information content (AvgIpc) is 2.65. The number of nitrogens with zero attached hydrogens (tertiary/aromatic N) is 1. The second-order valence-electron chi connectivity index (χ2n) is 5.72. The number of ether oxygens (including phenoxy) is 1. The van der Waals surface area contributed by atoms with Crippen LogP contribution in [0.4, 0.5) is 4.39 Å². The van der Waals surface area contributed by atoms with Crippen molar-refractivity contribution in [3.8, 4) is 0 Å². The van der Waals surface area contributed by atoms with Crippen molar-refractivity contribution in [3.63, 3.8) is 0 Å². The van der Waals surface area contributed by atoms with Crippen molar-refractivity contribution in [3.05, 3.63) is 86.0 Å². The second-order valence-corrected chi connectivity index (χ2v) is 6.13. The third kappa shape index (κ3) is 3.21. The van der Waals surface area contributed by atoms with Crippen molar-refractivity contribution < 1.29 is 19.0 Å². The van der Waals surface area contributed by atoms with E-state index in [2.05, 4.69) is 4.74 Å². The summed E-state index contributed by atoms with van der Waals surface area (Å²) in [5.41, 5.74) is 1.15. The number of methoxy groups -OCH3 is 1. The minimum atomic E-state index is -0.787. The summed E-state index contributed by atoms with van der Waals surface area (Å²) in [5, 5.41) is 9.57. The highest BCUT2D eigenvalue weighted by atomic mass is 35.5. The first kappa shape index (κ1) is 18.1. The van der Waals surface area contributed by atoms with Crippen LogP contribution in [0.2, 0.25) is 5.02 Å². The van der Waals surface area contributed by atoms with Gasteiger partial charge in [-0.1, -0.05) is 29.8 Å². The lowest BCUT2D eigenvalue weighted by molar-refractivity contribution is 0.0598. The van der Waals surface area contributed by atoms with Crippen LogP contribution in [0.3, 0.4) is 0 Å². The average molecular weight is 376 g/mol. The number of halogens is 2. The van der Waals surface area contributed by atoms with E-state index in [4.69, 9.17) is 11.6 Å². The van der Waals surface area contributed by atoms with Gasteiger partial charge < -0.3 is 9.84 Å². The molecule has 0 aliphatic rings. The molecule has 0 saturated carbocycles. The number of pyridine rings is 2. The molecule has 26 heavy (non-hydrogen) atoms. The molecule has 0 spiro atoms. The van der Waals surface area contributed by atoms with E-state index >= 15 is 0 Å². The Bertz CT molecular complexity index is 1060. The lowest BCUT2D eigenvalue weighted by atomic mass is 10.0. The fraction of sp³-hybridized carbons (Fsp3) is 0.158. The lowest BCUT2D eigenvalue weighted by Crippen LogP contribution is -2.24. The fourth-order valence-electron chi connectivity index (χ4n) is 2.81. The highest BCUT2D eigenvalue weighted by Gasteiger charge is 2.16. The van der Waals surface area contributed by atoms with Gasteiger partial charge in [-0.05, 0) is 29.3 Å². The minimum Gasteiger partial charge on any atom is -0.465 e. The molecule has 0 amide bonds. The number of carbonyl (C=O) groups is 1. The van der Waals surface area contributed by atoms with Crippen LogP contribution in [0.5, 0.6) is 0 Å². The van der Waals surface area contributed by atoms with Gasteiger partial charge in [-0.3, -0.25) is 9.20 Å². The van der Waals surface area contributed by atoms with Crippen LogP contribution >= 0.6 is 11.6 Å². The van der Waals surface area contributed by atoms with Gasteiger partial charge in [0.05, 0.1) is 24.3 Å². The van der Waals surface area contributed by atoms with Crippen molar-refractivity contribution in [2.45, 2.75) is 13.0 Å². The van der Waals surface area contributed by atoms with Gasteiger partial charge in [-0.2, -0.15) is 0 Å². The van der Waals surface area contributed by atoms with Crippen LogP contribution in [-0.4, -0.2) is 22.6 Å². The number of aliphatic hydroxyl groups excluding tert-OH is 1. The number of esters is 1. The predicted octanol–water partition coefficient (Wildman–Crippen LogP) is 2.96. The molecule has 1 aromatic carbocycles. The molecule has 134 valence electrons. The van der Waals surface area contributed by atoms with Crippen molar-refractivity contribution in [1.82, 2.24) is 4.40 Å². The smallest absolute Gasteiger partial charge is 0.343 e. The van der Waals surface area contributed by atoms with Crippen molar-refractivity contribution >= 4 is 23.1 Å². The van der Waals surface area contributed by atoms with Gasteiger partial charge in [0.15, 0.2) is 0 Å². The summed E-state index contributed by atoms with van der Waals surface area (Å²) in [6.07, 6.45) is 1.73. The van der Waals surface area contributed by atoms with Crippen LogP contribution < -0.4 is 5.56 Å². The summed E-state index contributed by atoms with van der Waals surface area (Å²) in [7, 11) is 1.17. The number of fused-ring (bicyclic) bond motifs is 1. The van der Waals surface area contributed by atoms with Crippen LogP contribution in [0.1, 0.15) is 27.0 Å². The molecule has 3 aromatic rings. The van der Waals surface area contributed by atoms with Gasteiger partial charge in [-0.25, -0.2) is 9.18 Å². The second kappa shape index (κ2) is 7.27. The number of hydrogen-bond acceptors (Lipinski definition) is 4. The standard InChI is InChI=1S/C19H15ClFNO4/c1-26-19(25)14-8-13(10-23)16-6-5-11(9-22(16)18(14)24)7-12-3-2-4-15(20)17(12)21/h2-6,8-9,23H,7,10H2,1H3. The predicted molar refractivity (Wildman–Crippen MR) is 95.1 cm³/mol. The van der Waals surface area contributed by atoms with Gasteiger partial charge in [-0.15, -0.1) is 0 Å². The first-order chi connectivity index (χ1) is 12.5. The Kier molecular flexibility index (Phi) is 5.06. The Balaban J connectivity index is 2.15. The summed E-state index contributed by atoms with van der Waals surface area (Å²) < 4.78 is 20.0. The highest BCUT2D eigenvalue weighted by molar-refractivity contribution is 6.30. The van der Waals surface area contributed by atoms with E-state index in [0.717, 1.165) is 0 Å². The Morgan fingerprint density at radius 2 is 2.04 bits per heavy atom. The third-order valence-electron chi connectivity index (χ3n) is 4.11. The first-order valence-electron chi connectivity index (χ1n) is 7.75. The number of aliphatic hydroxyl groups is 1. The number of aromatic nitrogens is 1. The summed E-state index contributed by atoms with van der Waals surface area (Å²) >= 11 is 5.80. The summed E-state index contributed by atoms with van der Waals surface area (Å²) in [6, 6.07) is 9.41. The van der Waals surface area contributed by atoms with Gasteiger partial charge >= 0.3 is 5.97 Å². The van der Waals surface area contributed by atoms with Crippen molar-refractivity contribution in [2.24, 2.45) is 0 Å². The molecule has 0 aliphatic heterocycles. The van der Waals surface area contributed by atoms with Gasteiger partial charge in [0.1, 0.15) is 11.4 Å². The van der Waals surface area contributed by atoms with Gasteiger partial charge in [0.25, 0.3) is 5.56 Å². The molecule has 2 heterocycles. The zero-order chi connectivity index (χ0) is 18.8. The Hall–Kier alpha value is -2.70. The molecule has 3 rings (SSSR count). The van der Waals surface area contributed by atoms with Crippen LogP contribution in [-0.2, 0) is 17.8 Å². The fourth-order valence-corrected chi connectivity index (χ4v) is 3.00. The molecular weight excluding hydrogens is 361 g/mol. The molecule has 0 saturated heterocycles. The number of benzene rings is 1. The third-order valence-corrected chi connectivity index (χ3v) is 4.40. The molecule has 0 aliphatic carbocycles. The molecule has 1 N–H and O–H groups in total. The normalized spacial score (nSPS) is 10.9. The quantitative estimate of drug-likeness (QED) is 0.712. The van der Waals surface area contributed by atoms with E-state index in [1.165, 1.54) is 29.8 Å². The summed E-state index contributed by atoms with van der Waals surface area (Å²) in [6.45, 7) is -0.351. The summed E-state index contributed by atoms with van der Waals surface area (Å²) in [5.74, 6) is -1.30. The van der Waals surface area contributed by atoms with E-state index in [0.29, 0.717) is 22.2 Å². The maximum atomic E-state index is 14.1. The largest absolute Gasteiger partial charge is 0.465 e. The number of hydrogen-bond donors (Lipinski definition) is 1. The number of rotatable bonds is 4. The summed E-state index contributed by atoms with van der Waals surface area (Å²) in [4.78, 5) is 24.4. The zero-order valence-electron chi connectivity index (χ0n) is 13.8. The molecular formula is C19H15ClFNO4. The van der Waals surface area contributed by atoms with E-state index < -0.39 is 17.3 Å². The van der Waals surface area contributed by atoms with E-state index in [1.807, 2.05) is 0 Å². The monoisotopic (exact) mass is 375 g/mol. The molecule has 7 heteroatoms. The van der Waals surface area contributed by atoms with E-state index in [9.17, 15) is 19.1 Å². The zero-order valence-corrected chi connectivity index (χ0v) is 14.6. The molecule has 0 bridgehead atoms. The minimum absolute atomic E-state index is 0.0241. The maximum absolute atomic E-state index is 14.1. The number of carbonyl (C=O) groups excluding carboxylic acids is 1. The molecule has 0 unspecified atom stereocenters. The molecule has 0 atom stereocenters. The van der Waals surface area contributed by atoms with Gasteiger partial charge in [0.2, 0.25) is 0 Å². The van der Waals surface area contributed by atoms with Gasteiger partial charge in [0, 0.05) is 18.2 Å². The Labute approximate surface area is 153 Å². The molecule has 5 nitrogen and oxygen atoms in total.